The van der Waals surface area contributed by atoms with Crippen LogP contribution in [0.3, 0.4) is 0 Å². The van der Waals surface area contributed by atoms with E-state index in [0.29, 0.717) is 31.5 Å². The third-order valence-corrected chi connectivity index (χ3v) is 9.17. The van der Waals surface area contributed by atoms with Crippen LogP contribution in [-0.4, -0.2) is 32.8 Å². The number of carbonyl (C=O) groups is 1. The highest BCUT2D eigenvalue weighted by atomic mass is 32.2. The first kappa shape index (κ1) is 21.7. The monoisotopic (exact) mass is 477 g/mol. The second kappa shape index (κ2) is 8.90. The summed E-state index contributed by atoms with van der Waals surface area (Å²) in [5, 5.41) is 0.948. The predicted octanol–water partition coefficient (Wildman–Crippen LogP) is 3.40. The number of rotatable bonds is 5. The van der Waals surface area contributed by atoms with Crippen molar-refractivity contribution in [1.82, 2.24) is 9.47 Å². The minimum atomic E-state index is -0.0758. The lowest BCUT2D eigenvalue weighted by Crippen LogP contribution is -2.35. The van der Waals surface area contributed by atoms with E-state index in [-0.39, 0.29) is 11.5 Å². The molecule has 1 aromatic carbocycles. The number of fused-ring (bicyclic) bond motifs is 1. The van der Waals surface area contributed by atoms with Crippen LogP contribution < -0.4 is 19.7 Å². The number of benzene rings is 1. The molecule has 0 atom stereocenters. The van der Waals surface area contributed by atoms with Gasteiger partial charge in [0, 0.05) is 24.5 Å². The second-order valence-electron chi connectivity index (χ2n) is 6.91. The molecule has 30 heavy (non-hydrogen) atoms. The average molecular weight is 478 g/mol. The molecular weight excluding hydrogens is 455 g/mol. The number of unbranched alkanes of at least 4 members (excludes halogenated alkanes) is 1. The fourth-order valence-electron chi connectivity index (χ4n) is 3.56. The SMILES string of the molecule is CCCCN1C(=O)/C(=c2/s/c(=C3\Sc4ccccc4N3CC)c(=O)n2CC)SC1=S. The number of anilines is 1. The zero-order chi connectivity index (χ0) is 21.4. The van der Waals surface area contributed by atoms with Crippen molar-refractivity contribution in [3.05, 3.63) is 43.8 Å². The normalized spacial score (nSPS) is 19.8. The molecule has 158 valence electrons. The van der Waals surface area contributed by atoms with E-state index < -0.39 is 0 Å². The molecule has 0 saturated carbocycles. The van der Waals surface area contributed by atoms with Gasteiger partial charge in [0.2, 0.25) is 0 Å². The largest absolute Gasteiger partial charge is 0.334 e. The molecule has 0 aliphatic carbocycles. The summed E-state index contributed by atoms with van der Waals surface area (Å²) < 4.78 is 3.71. The Morgan fingerprint density at radius 2 is 1.77 bits per heavy atom. The highest BCUT2D eigenvalue weighted by Gasteiger charge is 2.34. The van der Waals surface area contributed by atoms with Gasteiger partial charge in [-0.1, -0.05) is 61.2 Å². The molecule has 1 saturated heterocycles. The van der Waals surface area contributed by atoms with Crippen LogP contribution in [0.5, 0.6) is 0 Å². The maximum atomic E-state index is 13.4. The highest BCUT2D eigenvalue weighted by Crippen LogP contribution is 2.45. The quantitative estimate of drug-likeness (QED) is 0.615. The van der Waals surface area contributed by atoms with E-state index in [1.807, 2.05) is 19.1 Å². The lowest BCUT2D eigenvalue weighted by molar-refractivity contribution is -0.120. The summed E-state index contributed by atoms with van der Waals surface area (Å²) in [5.74, 6) is -0.0758. The Balaban J connectivity index is 1.91. The van der Waals surface area contributed by atoms with E-state index in [9.17, 15) is 9.59 Å². The summed E-state index contributed by atoms with van der Waals surface area (Å²) in [5.41, 5.74) is 1.09. The number of thioether (sulfide) groups is 2. The van der Waals surface area contributed by atoms with Crippen LogP contribution in [0, 0.1) is 0 Å². The van der Waals surface area contributed by atoms with Crippen LogP contribution in [0.2, 0.25) is 0 Å². The number of thiazole rings is 1. The second-order valence-corrected chi connectivity index (χ2v) is 10.6. The number of hydrogen-bond acceptors (Lipinski definition) is 7. The van der Waals surface area contributed by atoms with Crippen LogP contribution in [0.15, 0.2) is 34.0 Å². The third kappa shape index (κ3) is 3.55. The van der Waals surface area contributed by atoms with Crippen molar-refractivity contribution in [2.45, 2.75) is 45.1 Å². The van der Waals surface area contributed by atoms with Gasteiger partial charge in [0.1, 0.15) is 23.4 Å². The van der Waals surface area contributed by atoms with Crippen LogP contribution in [0.4, 0.5) is 5.69 Å². The van der Waals surface area contributed by atoms with Gasteiger partial charge in [-0.25, -0.2) is 0 Å². The van der Waals surface area contributed by atoms with Crippen molar-refractivity contribution >= 4 is 72.9 Å². The smallest absolute Gasteiger partial charge is 0.271 e. The molecule has 9 heteroatoms. The first-order chi connectivity index (χ1) is 14.5. The molecule has 0 N–H and O–H groups in total. The molecule has 0 radical (unpaired) electrons. The highest BCUT2D eigenvalue weighted by molar-refractivity contribution is 8.30. The van der Waals surface area contributed by atoms with Gasteiger partial charge in [0.15, 0.2) is 0 Å². The van der Waals surface area contributed by atoms with Crippen LogP contribution >= 0.6 is 47.1 Å². The lowest BCUT2D eigenvalue weighted by atomic mass is 10.3. The molecule has 2 aliphatic rings. The zero-order valence-electron chi connectivity index (χ0n) is 17.1. The molecular formula is C21H23N3O2S4. The molecule has 1 amide bonds. The maximum absolute atomic E-state index is 13.4. The van der Waals surface area contributed by atoms with Crippen molar-refractivity contribution in [3.8, 4) is 0 Å². The molecule has 2 aliphatic heterocycles. The topological polar surface area (TPSA) is 45.6 Å². The van der Waals surface area contributed by atoms with Crippen molar-refractivity contribution in [3.63, 3.8) is 0 Å². The lowest BCUT2D eigenvalue weighted by Gasteiger charge is -2.16. The van der Waals surface area contributed by atoms with Gasteiger partial charge in [-0.05, 0) is 32.4 Å². The standard InChI is InChI=1S/C21H23N3O2S4/c1-4-7-12-24-18(26)16(30-21(24)27)20-23(6-3)17(25)15(29-20)19-22(5-2)13-10-8-9-11-14(13)28-19/h8-11H,4-7,12H2,1-3H3/b19-15-,20-16-. The van der Waals surface area contributed by atoms with Crippen molar-refractivity contribution < 1.29 is 4.79 Å². The Morgan fingerprint density at radius 1 is 1.00 bits per heavy atom. The van der Waals surface area contributed by atoms with E-state index in [2.05, 4.69) is 30.9 Å². The maximum Gasteiger partial charge on any atom is 0.271 e. The first-order valence-corrected chi connectivity index (χ1v) is 12.9. The minimum Gasteiger partial charge on any atom is -0.334 e. The Labute approximate surface area is 193 Å². The van der Waals surface area contributed by atoms with Crippen molar-refractivity contribution in [2.75, 3.05) is 18.0 Å². The fourth-order valence-corrected chi connectivity index (χ4v) is 7.58. The first-order valence-electron chi connectivity index (χ1n) is 10.1. The molecule has 5 nitrogen and oxygen atoms in total. The summed E-state index contributed by atoms with van der Waals surface area (Å²) >= 11 is 9.82. The van der Waals surface area contributed by atoms with Gasteiger partial charge in [-0.3, -0.25) is 19.1 Å². The Kier molecular flexibility index (Phi) is 6.43. The fraction of sp³-hybridized carbons (Fsp3) is 0.381. The summed E-state index contributed by atoms with van der Waals surface area (Å²) in [6.45, 7) is 8.04. The number of hydrogen-bond donors (Lipinski definition) is 0. The van der Waals surface area contributed by atoms with Crippen LogP contribution in [-0.2, 0) is 11.3 Å². The van der Waals surface area contributed by atoms with Gasteiger partial charge >= 0.3 is 0 Å². The van der Waals surface area contributed by atoms with Crippen LogP contribution in [0.25, 0.3) is 9.93 Å². The number of nitrogens with zero attached hydrogens (tertiary/aromatic N) is 3. The van der Waals surface area contributed by atoms with Gasteiger partial charge in [-0.15, -0.1) is 11.3 Å². The van der Waals surface area contributed by atoms with Crippen molar-refractivity contribution in [2.24, 2.45) is 0 Å². The Morgan fingerprint density at radius 3 is 2.47 bits per heavy atom. The Bertz CT molecular complexity index is 1200. The molecule has 2 aromatic rings. The summed E-state index contributed by atoms with van der Waals surface area (Å²) in [6, 6.07) is 8.20. The third-order valence-electron chi connectivity index (χ3n) is 5.10. The van der Waals surface area contributed by atoms with E-state index in [1.165, 1.54) is 23.1 Å². The van der Waals surface area contributed by atoms with Crippen LogP contribution in [0.1, 0.15) is 33.6 Å². The van der Waals surface area contributed by atoms with E-state index in [4.69, 9.17) is 12.2 Å². The number of para-hydroxylation sites is 1. The molecule has 0 spiro atoms. The molecule has 3 heterocycles. The van der Waals surface area contributed by atoms with E-state index in [0.717, 1.165) is 35.0 Å². The molecule has 0 bridgehead atoms. The number of amides is 1. The number of thiocarbonyl (C=S) groups is 1. The molecule has 4 rings (SSSR count). The minimum absolute atomic E-state index is 0.0370. The average Bonchev–Trinajstić information content (AvgIpc) is 3.37. The summed E-state index contributed by atoms with van der Waals surface area (Å²) in [7, 11) is 0. The predicted molar refractivity (Wildman–Crippen MR) is 132 cm³/mol. The number of aromatic nitrogens is 1. The van der Waals surface area contributed by atoms with Crippen molar-refractivity contribution in [1.29, 1.82) is 0 Å². The zero-order valence-corrected chi connectivity index (χ0v) is 20.4. The molecule has 1 aromatic heterocycles. The van der Waals surface area contributed by atoms with Gasteiger partial charge in [-0.2, -0.15) is 0 Å². The summed E-state index contributed by atoms with van der Waals surface area (Å²) in [4.78, 5) is 32.0. The number of carbonyl (C=O) groups excluding carboxylic acids is 1. The Hall–Kier alpha value is -1.55. The van der Waals surface area contributed by atoms with E-state index in [1.54, 1.807) is 21.2 Å². The summed E-state index contributed by atoms with van der Waals surface area (Å²) in [6.07, 6.45) is 1.91. The van der Waals surface area contributed by atoms with E-state index >= 15 is 0 Å². The molecule has 0 unspecified atom stereocenters. The van der Waals surface area contributed by atoms with Gasteiger partial charge in [0.05, 0.1) is 5.69 Å². The van der Waals surface area contributed by atoms with Gasteiger partial charge in [0.25, 0.3) is 11.5 Å². The molecule has 1 fully saturated rings. The van der Waals surface area contributed by atoms with Gasteiger partial charge < -0.3 is 4.90 Å².